The van der Waals surface area contributed by atoms with Gasteiger partial charge in [-0.2, -0.15) is 5.26 Å². The minimum absolute atomic E-state index is 0.0301. The zero-order chi connectivity index (χ0) is 24.0. The van der Waals surface area contributed by atoms with Crippen molar-refractivity contribution in [3.05, 3.63) is 12.0 Å². The first kappa shape index (κ1) is 26.0. The van der Waals surface area contributed by atoms with Gasteiger partial charge in [0.1, 0.15) is 36.5 Å². The molecule has 8 nitrogen and oxygen atoms in total. The fourth-order valence-electron chi connectivity index (χ4n) is 2.91. The standard InChI is InChI=1S/C21H40N4O4Si2/c1-20(2,3)30(7,8)27-12-15-17(29-31(9,10)21(4,5)6)16(26)19(28-15)25-13-24-14(11-22)18(25)23/h13,15-17,19,26H,12,23H2,1-10H3/t15-,16-,17-,19+/m1/s1. The van der Waals surface area contributed by atoms with E-state index in [0.29, 0.717) is 6.61 Å². The maximum Gasteiger partial charge on any atom is 0.192 e. The first-order valence-electron chi connectivity index (χ1n) is 10.8. The Balaban J connectivity index is 2.35. The van der Waals surface area contributed by atoms with E-state index in [9.17, 15) is 10.4 Å². The highest BCUT2D eigenvalue weighted by atomic mass is 28.4. The van der Waals surface area contributed by atoms with Crippen LogP contribution in [0.4, 0.5) is 5.82 Å². The third-order valence-electron chi connectivity index (χ3n) is 7.17. The van der Waals surface area contributed by atoms with Crippen LogP contribution in [0.5, 0.6) is 0 Å². The average Bonchev–Trinajstić information content (AvgIpc) is 3.11. The molecule has 1 aliphatic heterocycles. The van der Waals surface area contributed by atoms with Crippen molar-refractivity contribution < 1.29 is 18.7 Å². The summed E-state index contributed by atoms with van der Waals surface area (Å²) in [4.78, 5) is 4.02. The highest BCUT2D eigenvalue weighted by Crippen LogP contribution is 2.43. The Morgan fingerprint density at radius 1 is 1.16 bits per heavy atom. The summed E-state index contributed by atoms with van der Waals surface area (Å²) in [5.74, 6) is 0.170. The molecule has 0 aliphatic carbocycles. The highest BCUT2D eigenvalue weighted by Gasteiger charge is 2.51. The first-order valence-corrected chi connectivity index (χ1v) is 16.6. The van der Waals surface area contributed by atoms with Crippen LogP contribution < -0.4 is 5.73 Å². The molecular weight excluding hydrogens is 428 g/mol. The molecule has 1 aromatic heterocycles. The van der Waals surface area contributed by atoms with E-state index in [1.54, 1.807) is 0 Å². The number of hydrogen-bond acceptors (Lipinski definition) is 7. The molecule has 1 aromatic rings. The number of hydrogen-bond donors (Lipinski definition) is 2. The molecule has 0 bridgehead atoms. The molecule has 2 heterocycles. The average molecular weight is 469 g/mol. The van der Waals surface area contributed by atoms with Crippen LogP contribution >= 0.6 is 0 Å². The van der Waals surface area contributed by atoms with Crippen molar-refractivity contribution >= 4 is 22.5 Å². The summed E-state index contributed by atoms with van der Waals surface area (Å²) in [7, 11) is -4.23. The van der Waals surface area contributed by atoms with E-state index in [4.69, 9.17) is 19.3 Å². The van der Waals surface area contributed by atoms with Crippen molar-refractivity contribution in [3.8, 4) is 6.07 Å². The SMILES string of the molecule is CC(C)(C)[Si](C)(C)OC[C@H]1O[C@H](n2cnc(C#N)c2N)[C@H](O)[C@@H]1O[Si](C)(C)C(C)(C)C. The number of ether oxygens (including phenoxy) is 1. The Bertz CT molecular complexity index is 821. The summed E-state index contributed by atoms with van der Waals surface area (Å²) in [6, 6.07) is 1.96. The summed E-state index contributed by atoms with van der Waals surface area (Å²) in [5, 5.41) is 20.5. The van der Waals surface area contributed by atoms with Crippen LogP contribution in [-0.2, 0) is 13.6 Å². The number of nitriles is 1. The number of aliphatic hydroxyl groups excluding tert-OH is 1. The second-order valence-corrected chi connectivity index (χ2v) is 21.0. The normalized spacial score (nSPS) is 25.6. The smallest absolute Gasteiger partial charge is 0.192 e. The van der Waals surface area contributed by atoms with Gasteiger partial charge in [-0.15, -0.1) is 0 Å². The number of nitrogens with zero attached hydrogens (tertiary/aromatic N) is 3. The van der Waals surface area contributed by atoms with E-state index in [0.717, 1.165) is 0 Å². The van der Waals surface area contributed by atoms with Crippen LogP contribution in [0, 0.1) is 11.3 Å². The van der Waals surface area contributed by atoms with E-state index in [2.05, 4.69) is 72.7 Å². The number of anilines is 1. The van der Waals surface area contributed by atoms with Crippen molar-refractivity contribution in [3.63, 3.8) is 0 Å². The van der Waals surface area contributed by atoms with Gasteiger partial charge in [-0.25, -0.2) is 4.98 Å². The molecule has 0 saturated carbocycles. The summed E-state index contributed by atoms with van der Waals surface area (Å²) in [6.07, 6.45) is -1.36. The van der Waals surface area contributed by atoms with Crippen molar-refractivity contribution in [2.24, 2.45) is 0 Å². The Labute approximate surface area is 189 Å². The summed E-state index contributed by atoms with van der Waals surface area (Å²) in [6.45, 7) is 22.0. The van der Waals surface area contributed by atoms with Crippen LogP contribution in [0.15, 0.2) is 6.33 Å². The molecule has 0 aromatic carbocycles. The summed E-state index contributed by atoms with van der Waals surface area (Å²) in [5.41, 5.74) is 6.18. The fraction of sp³-hybridized carbons (Fsp3) is 0.810. The van der Waals surface area contributed by atoms with E-state index in [1.165, 1.54) is 10.9 Å². The Morgan fingerprint density at radius 2 is 1.71 bits per heavy atom. The third kappa shape index (κ3) is 5.23. The van der Waals surface area contributed by atoms with Crippen molar-refractivity contribution in [1.29, 1.82) is 5.26 Å². The fourth-order valence-corrected chi connectivity index (χ4v) is 5.25. The molecule has 1 fully saturated rings. The molecule has 0 radical (unpaired) electrons. The Hall–Kier alpha value is -1.23. The molecular formula is C21H40N4O4Si2. The molecule has 10 heteroatoms. The summed E-state index contributed by atoms with van der Waals surface area (Å²) >= 11 is 0. The van der Waals surface area contributed by atoms with Gasteiger partial charge >= 0.3 is 0 Å². The van der Waals surface area contributed by atoms with E-state index in [-0.39, 0.29) is 21.6 Å². The highest BCUT2D eigenvalue weighted by molar-refractivity contribution is 6.74. The van der Waals surface area contributed by atoms with Crippen molar-refractivity contribution in [2.75, 3.05) is 12.3 Å². The molecule has 0 amide bonds. The minimum Gasteiger partial charge on any atom is -0.414 e. The Kier molecular flexibility index (Phi) is 7.23. The lowest BCUT2D eigenvalue weighted by Crippen LogP contribution is -2.51. The topological polar surface area (TPSA) is 116 Å². The van der Waals surface area contributed by atoms with Crippen LogP contribution in [0.2, 0.25) is 36.3 Å². The summed E-state index contributed by atoms with van der Waals surface area (Å²) < 4.78 is 20.8. The molecule has 1 saturated heterocycles. The van der Waals surface area contributed by atoms with E-state index < -0.39 is 41.2 Å². The van der Waals surface area contributed by atoms with Crippen molar-refractivity contribution in [1.82, 2.24) is 9.55 Å². The Morgan fingerprint density at radius 3 is 2.16 bits per heavy atom. The largest absolute Gasteiger partial charge is 0.414 e. The molecule has 0 spiro atoms. The molecule has 2 rings (SSSR count). The van der Waals surface area contributed by atoms with E-state index >= 15 is 0 Å². The van der Waals surface area contributed by atoms with Gasteiger partial charge in [-0.3, -0.25) is 4.57 Å². The van der Waals surface area contributed by atoms with Gasteiger partial charge in [-0.05, 0) is 36.3 Å². The lowest BCUT2D eigenvalue weighted by molar-refractivity contribution is -0.0494. The molecule has 31 heavy (non-hydrogen) atoms. The number of aliphatic hydroxyl groups is 1. The van der Waals surface area contributed by atoms with Crippen molar-refractivity contribution in [2.45, 2.75) is 102 Å². The van der Waals surface area contributed by atoms with Crippen LogP contribution in [0.1, 0.15) is 53.5 Å². The molecule has 4 atom stereocenters. The lowest BCUT2D eigenvalue weighted by Gasteiger charge is -2.41. The third-order valence-corrected chi connectivity index (χ3v) is 16.1. The monoisotopic (exact) mass is 468 g/mol. The maximum atomic E-state index is 11.2. The number of aromatic nitrogens is 2. The second-order valence-electron chi connectivity index (χ2n) is 11.5. The van der Waals surface area contributed by atoms with Crippen LogP contribution in [-0.4, -0.2) is 56.2 Å². The zero-order valence-electron chi connectivity index (χ0n) is 20.7. The number of imidazole rings is 1. The maximum absolute atomic E-state index is 11.2. The van der Waals surface area contributed by atoms with E-state index in [1.807, 2.05) is 6.07 Å². The predicted octanol–water partition coefficient (Wildman–Crippen LogP) is 4.01. The van der Waals surface area contributed by atoms with Crippen LogP contribution in [0.3, 0.4) is 0 Å². The lowest BCUT2D eigenvalue weighted by atomic mass is 10.1. The van der Waals surface area contributed by atoms with Gasteiger partial charge in [0.25, 0.3) is 0 Å². The molecule has 3 N–H and O–H groups in total. The number of nitrogens with two attached hydrogens (primary N) is 1. The molecule has 1 aliphatic rings. The van der Waals surface area contributed by atoms with Gasteiger partial charge in [0.2, 0.25) is 0 Å². The molecule has 176 valence electrons. The number of nitrogen functional groups attached to an aromatic ring is 1. The van der Waals surface area contributed by atoms with Gasteiger partial charge in [-0.1, -0.05) is 41.5 Å². The first-order chi connectivity index (χ1) is 13.9. The predicted molar refractivity (Wildman–Crippen MR) is 126 cm³/mol. The van der Waals surface area contributed by atoms with Gasteiger partial charge in [0, 0.05) is 0 Å². The number of rotatable bonds is 6. The minimum atomic E-state index is -2.20. The van der Waals surface area contributed by atoms with Gasteiger partial charge < -0.3 is 24.4 Å². The second kappa shape index (κ2) is 8.61. The quantitative estimate of drug-likeness (QED) is 0.606. The zero-order valence-corrected chi connectivity index (χ0v) is 22.7. The van der Waals surface area contributed by atoms with Crippen LogP contribution in [0.25, 0.3) is 0 Å². The molecule has 0 unspecified atom stereocenters. The van der Waals surface area contributed by atoms with Gasteiger partial charge in [0.05, 0.1) is 6.61 Å². The van der Waals surface area contributed by atoms with Gasteiger partial charge in [0.15, 0.2) is 28.6 Å².